The summed E-state index contributed by atoms with van der Waals surface area (Å²) in [5, 5.41) is 4.24. The van der Waals surface area contributed by atoms with Gasteiger partial charge < -0.3 is 5.73 Å². The summed E-state index contributed by atoms with van der Waals surface area (Å²) in [6.07, 6.45) is 3.67. The number of hydrogen-bond donors (Lipinski definition) is 1. The van der Waals surface area contributed by atoms with Crippen LogP contribution in [-0.2, 0) is 0 Å². The van der Waals surface area contributed by atoms with Gasteiger partial charge in [0.05, 0.1) is 11.9 Å². The number of nitrogens with two attached hydrogens (primary N) is 1. The third-order valence-electron chi connectivity index (χ3n) is 2.76. The molecule has 0 bridgehead atoms. The third-order valence-corrected chi connectivity index (χ3v) is 2.76. The van der Waals surface area contributed by atoms with Gasteiger partial charge in [0.2, 0.25) is 0 Å². The molecule has 3 nitrogen and oxygen atoms in total. The third kappa shape index (κ3) is 2.22. The van der Waals surface area contributed by atoms with Crippen molar-refractivity contribution in [2.75, 3.05) is 0 Å². The lowest BCUT2D eigenvalue weighted by molar-refractivity contribution is 0.611. The molecule has 1 heterocycles. The Balaban J connectivity index is 2.63. The molecule has 0 aliphatic rings. The van der Waals surface area contributed by atoms with E-state index in [0.717, 1.165) is 16.8 Å². The van der Waals surface area contributed by atoms with E-state index in [4.69, 9.17) is 5.73 Å². The van der Waals surface area contributed by atoms with Crippen molar-refractivity contribution >= 4 is 0 Å². The van der Waals surface area contributed by atoms with Gasteiger partial charge in [-0.3, -0.25) is 0 Å². The van der Waals surface area contributed by atoms with Crippen LogP contribution in [0, 0.1) is 19.7 Å². The normalized spacial score (nSPS) is 12.8. The highest BCUT2D eigenvalue weighted by Crippen LogP contribution is 2.23. The van der Waals surface area contributed by atoms with E-state index in [9.17, 15) is 4.39 Å². The molecule has 0 saturated carbocycles. The lowest BCUT2D eigenvalue weighted by Crippen LogP contribution is -2.11. The first-order chi connectivity index (χ1) is 7.99. The highest BCUT2D eigenvalue weighted by atomic mass is 19.1. The van der Waals surface area contributed by atoms with Crippen molar-refractivity contribution in [1.29, 1.82) is 0 Å². The van der Waals surface area contributed by atoms with Crippen molar-refractivity contribution < 1.29 is 4.39 Å². The first-order valence-electron chi connectivity index (χ1n) is 5.56. The van der Waals surface area contributed by atoms with Crippen LogP contribution in [-0.4, -0.2) is 9.78 Å². The van der Waals surface area contributed by atoms with E-state index in [0.29, 0.717) is 5.56 Å². The van der Waals surface area contributed by atoms with Crippen LogP contribution < -0.4 is 5.73 Å². The second kappa shape index (κ2) is 4.30. The average Bonchev–Trinajstić information content (AvgIpc) is 2.68. The van der Waals surface area contributed by atoms with Crippen LogP contribution in [0.3, 0.4) is 0 Å². The Morgan fingerprint density at radius 3 is 2.59 bits per heavy atom. The first-order valence-corrected chi connectivity index (χ1v) is 5.56. The number of rotatable bonds is 2. The topological polar surface area (TPSA) is 43.8 Å². The molecule has 0 saturated heterocycles. The molecule has 0 fully saturated rings. The highest BCUT2D eigenvalue weighted by molar-refractivity contribution is 5.45. The fraction of sp³-hybridized carbons (Fsp3) is 0.308. The van der Waals surface area contributed by atoms with Crippen LogP contribution in [0.5, 0.6) is 0 Å². The zero-order valence-corrected chi connectivity index (χ0v) is 10.2. The second-order valence-electron chi connectivity index (χ2n) is 4.41. The predicted octanol–water partition coefficient (Wildman–Crippen LogP) is 2.65. The number of benzene rings is 1. The summed E-state index contributed by atoms with van der Waals surface area (Å²) in [4.78, 5) is 0. The molecule has 2 N–H and O–H groups in total. The number of halogens is 1. The lowest BCUT2D eigenvalue weighted by Gasteiger charge is -2.14. The molecule has 2 rings (SSSR count). The molecule has 2 aromatic rings. The van der Waals surface area contributed by atoms with E-state index < -0.39 is 0 Å². The number of aromatic nitrogens is 2. The summed E-state index contributed by atoms with van der Waals surface area (Å²) in [5.41, 5.74) is 9.12. The van der Waals surface area contributed by atoms with Gasteiger partial charge in [-0.1, -0.05) is 0 Å². The van der Waals surface area contributed by atoms with Crippen LogP contribution in [0.15, 0.2) is 24.5 Å². The van der Waals surface area contributed by atoms with Gasteiger partial charge >= 0.3 is 0 Å². The Labute approximate surface area is 100 Å². The Kier molecular flexibility index (Phi) is 2.98. The van der Waals surface area contributed by atoms with Crippen molar-refractivity contribution in [1.82, 2.24) is 9.78 Å². The van der Waals surface area contributed by atoms with Gasteiger partial charge in [-0.05, 0) is 49.6 Å². The van der Waals surface area contributed by atoms with Crippen LogP contribution in [0.25, 0.3) is 5.69 Å². The predicted molar refractivity (Wildman–Crippen MR) is 65.6 cm³/mol. The summed E-state index contributed by atoms with van der Waals surface area (Å²) in [6, 6.07) is 3.04. The number of aryl methyl sites for hydroxylation is 2. The van der Waals surface area contributed by atoms with Gasteiger partial charge in [0.25, 0.3) is 0 Å². The number of hydrogen-bond acceptors (Lipinski definition) is 2. The maximum atomic E-state index is 13.6. The van der Waals surface area contributed by atoms with Crippen LogP contribution in [0.2, 0.25) is 0 Å². The maximum Gasteiger partial charge on any atom is 0.126 e. The van der Waals surface area contributed by atoms with E-state index in [-0.39, 0.29) is 11.9 Å². The van der Waals surface area contributed by atoms with E-state index in [1.54, 1.807) is 23.9 Å². The Morgan fingerprint density at radius 2 is 2.06 bits per heavy atom. The van der Waals surface area contributed by atoms with E-state index in [2.05, 4.69) is 5.10 Å². The first kappa shape index (κ1) is 11.8. The molecule has 90 valence electrons. The van der Waals surface area contributed by atoms with Gasteiger partial charge in [0, 0.05) is 12.2 Å². The maximum absolute atomic E-state index is 13.6. The van der Waals surface area contributed by atoms with Gasteiger partial charge in [-0.15, -0.1) is 0 Å². The molecule has 0 aliphatic carbocycles. The van der Waals surface area contributed by atoms with Crippen molar-refractivity contribution in [2.24, 2.45) is 5.73 Å². The average molecular weight is 233 g/mol. The van der Waals surface area contributed by atoms with Crippen molar-refractivity contribution in [3.8, 4) is 5.69 Å². The molecule has 1 atom stereocenters. The van der Waals surface area contributed by atoms with Crippen molar-refractivity contribution in [3.05, 3.63) is 47.0 Å². The fourth-order valence-corrected chi connectivity index (χ4v) is 1.79. The van der Waals surface area contributed by atoms with E-state index in [1.165, 1.54) is 6.07 Å². The zero-order valence-electron chi connectivity index (χ0n) is 10.2. The summed E-state index contributed by atoms with van der Waals surface area (Å²) in [6.45, 7) is 5.54. The molecular weight excluding hydrogens is 217 g/mol. The van der Waals surface area contributed by atoms with Crippen molar-refractivity contribution in [2.45, 2.75) is 26.8 Å². The summed E-state index contributed by atoms with van der Waals surface area (Å²) < 4.78 is 15.3. The molecular formula is C13H16FN3. The Hall–Kier alpha value is -1.68. The summed E-state index contributed by atoms with van der Waals surface area (Å²) in [5.74, 6) is -0.232. The Bertz CT molecular complexity index is 544. The van der Waals surface area contributed by atoms with Crippen molar-refractivity contribution in [3.63, 3.8) is 0 Å². The van der Waals surface area contributed by atoms with Gasteiger partial charge in [-0.2, -0.15) is 5.10 Å². The minimum atomic E-state index is -0.232. The molecule has 1 unspecified atom stereocenters. The molecule has 0 spiro atoms. The zero-order chi connectivity index (χ0) is 12.6. The van der Waals surface area contributed by atoms with Crippen LogP contribution in [0.1, 0.15) is 29.7 Å². The number of nitrogens with zero attached hydrogens (tertiary/aromatic N) is 2. The molecule has 17 heavy (non-hydrogen) atoms. The lowest BCUT2D eigenvalue weighted by atomic mass is 10.0. The molecule has 0 aliphatic heterocycles. The molecule has 1 aromatic carbocycles. The summed E-state index contributed by atoms with van der Waals surface area (Å²) >= 11 is 0. The highest BCUT2D eigenvalue weighted by Gasteiger charge is 2.12. The van der Waals surface area contributed by atoms with E-state index in [1.807, 2.05) is 20.0 Å². The monoisotopic (exact) mass is 233 g/mol. The Morgan fingerprint density at radius 1 is 1.35 bits per heavy atom. The standard InChI is InChI=1S/C13H16FN3/c1-8-6-16-17(7-8)13-4-9(2)12(14)5-11(13)10(3)15/h4-7,10H,15H2,1-3H3. The van der Waals surface area contributed by atoms with Gasteiger partial charge in [0.1, 0.15) is 5.82 Å². The quantitative estimate of drug-likeness (QED) is 0.866. The minimum Gasteiger partial charge on any atom is -0.324 e. The second-order valence-corrected chi connectivity index (χ2v) is 4.41. The minimum absolute atomic E-state index is 0.232. The van der Waals surface area contributed by atoms with Gasteiger partial charge in [0.15, 0.2) is 0 Å². The largest absolute Gasteiger partial charge is 0.324 e. The SMILES string of the molecule is Cc1cnn(-c2cc(C)c(F)cc2C(C)N)c1. The summed E-state index contributed by atoms with van der Waals surface area (Å²) in [7, 11) is 0. The van der Waals surface area contributed by atoms with Gasteiger partial charge in [-0.25, -0.2) is 9.07 Å². The van der Waals surface area contributed by atoms with Crippen LogP contribution >= 0.6 is 0 Å². The fourth-order valence-electron chi connectivity index (χ4n) is 1.79. The van der Waals surface area contributed by atoms with E-state index >= 15 is 0 Å². The molecule has 0 amide bonds. The smallest absolute Gasteiger partial charge is 0.126 e. The molecule has 1 aromatic heterocycles. The van der Waals surface area contributed by atoms with Crippen LogP contribution in [0.4, 0.5) is 4.39 Å². The molecule has 4 heteroatoms. The molecule has 0 radical (unpaired) electrons.